The summed E-state index contributed by atoms with van der Waals surface area (Å²) in [6.45, 7) is 8.34. The first-order valence-corrected chi connectivity index (χ1v) is 9.84. The van der Waals surface area contributed by atoms with Crippen LogP contribution in [-0.4, -0.2) is 52.3 Å². The highest BCUT2D eigenvalue weighted by Crippen LogP contribution is 2.26. The summed E-state index contributed by atoms with van der Waals surface area (Å²) < 4.78 is 15.4. The minimum atomic E-state index is -0.226. The van der Waals surface area contributed by atoms with Gasteiger partial charge in [-0.1, -0.05) is 17.7 Å². The van der Waals surface area contributed by atoms with Crippen molar-refractivity contribution >= 4 is 0 Å². The van der Waals surface area contributed by atoms with E-state index in [-0.39, 0.29) is 5.82 Å². The van der Waals surface area contributed by atoms with Crippen molar-refractivity contribution in [2.24, 2.45) is 0 Å². The molecule has 1 fully saturated rings. The number of likely N-dealkylation sites (N-methyl/N-ethyl adjacent to an activating group) is 1. The second-order valence-corrected chi connectivity index (χ2v) is 7.85. The highest BCUT2D eigenvalue weighted by atomic mass is 19.1. The van der Waals surface area contributed by atoms with Gasteiger partial charge in [0.2, 0.25) is 0 Å². The van der Waals surface area contributed by atoms with E-state index in [1.807, 2.05) is 16.8 Å². The summed E-state index contributed by atoms with van der Waals surface area (Å²) in [5.41, 5.74) is 5.30. The van der Waals surface area contributed by atoms with E-state index in [1.165, 1.54) is 23.3 Å². The molecule has 0 radical (unpaired) electrons. The first-order valence-electron chi connectivity index (χ1n) is 9.84. The second kappa shape index (κ2) is 7.86. The quantitative estimate of drug-likeness (QED) is 0.682. The molecule has 28 heavy (non-hydrogen) atoms. The van der Waals surface area contributed by atoms with Gasteiger partial charge < -0.3 is 4.90 Å². The van der Waals surface area contributed by atoms with Crippen LogP contribution in [0.1, 0.15) is 18.1 Å². The van der Waals surface area contributed by atoms with Gasteiger partial charge in [-0.15, -0.1) is 0 Å². The third kappa shape index (κ3) is 4.01. The molecule has 5 heteroatoms. The van der Waals surface area contributed by atoms with Crippen molar-refractivity contribution in [3.8, 4) is 16.9 Å². The van der Waals surface area contributed by atoms with E-state index in [1.54, 1.807) is 0 Å². The van der Waals surface area contributed by atoms with Crippen LogP contribution < -0.4 is 0 Å². The maximum atomic E-state index is 13.4. The molecule has 4 nitrogen and oxygen atoms in total. The fraction of sp³-hybridized carbons (Fsp3) is 0.348. The van der Waals surface area contributed by atoms with Crippen LogP contribution in [0.25, 0.3) is 16.9 Å². The van der Waals surface area contributed by atoms with E-state index in [0.29, 0.717) is 6.04 Å². The standard InChI is InChI=1S/C23H27FN4/c1-17-4-10-22(11-5-17)28-16-20(15-27-13-12-26(3)18(2)14-27)23(25-28)19-6-8-21(24)9-7-19/h4-11,16,18H,12-15H2,1-3H3/t18-/m0/s1. The Hall–Kier alpha value is -2.50. The molecule has 0 saturated carbocycles. The van der Waals surface area contributed by atoms with Gasteiger partial charge in [0.05, 0.1) is 11.4 Å². The van der Waals surface area contributed by atoms with Gasteiger partial charge in [-0.3, -0.25) is 4.90 Å². The van der Waals surface area contributed by atoms with Gasteiger partial charge in [-0.25, -0.2) is 9.07 Å². The third-order valence-corrected chi connectivity index (χ3v) is 5.64. The number of hydrogen-bond acceptors (Lipinski definition) is 3. The topological polar surface area (TPSA) is 24.3 Å². The van der Waals surface area contributed by atoms with E-state index < -0.39 is 0 Å². The van der Waals surface area contributed by atoms with Crippen molar-refractivity contribution in [2.75, 3.05) is 26.7 Å². The van der Waals surface area contributed by atoms with E-state index in [4.69, 9.17) is 5.10 Å². The highest BCUT2D eigenvalue weighted by Gasteiger charge is 2.23. The average molecular weight is 378 g/mol. The number of rotatable bonds is 4. The normalized spacial score (nSPS) is 18.5. The number of hydrogen-bond donors (Lipinski definition) is 0. The molecule has 2 heterocycles. The van der Waals surface area contributed by atoms with Gasteiger partial charge in [0.1, 0.15) is 5.82 Å². The molecule has 0 spiro atoms. The SMILES string of the molecule is Cc1ccc(-n2cc(CN3CCN(C)[C@@H](C)C3)c(-c3ccc(F)cc3)n2)cc1. The van der Waals surface area contributed by atoms with Gasteiger partial charge in [0.15, 0.2) is 0 Å². The molecule has 146 valence electrons. The molecule has 2 aromatic carbocycles. The zero-order valence-electron chi connectivity index (χ0n) is 16.8. The van der Waals surface area contributed by atoms with Crippen molar-refractivity contribution in [3.05, 3.63) is 71.7 Å². The molecule has 0 bridgehead atoms. The predicted octanol–water partition coefficient (Wildman–Crippen LogP) is 4.12. The minimum absolute atomic E-state index is 0.226. The number of piperazine rings is 1. The Morgan fingerprint density at radius 2 is 1.75 bits per heavy atom. The van der Waals surface area contributed by atoms with Crippen LogP contribution in [0.2, 0.25) is 0 Å². The molecule has 1 aromatic heterocycles. The Morgan fingerprint density at radius 3 is 2.43 bits per heavy atom. The lowest BCUT2D eigenvalue weighted by atomic mass is 10.1. The number of aryl methyl sites for hydroxylation is 1. The maximum Gasteiger partial charge on any atom is 0.123 e. The largest absolute Gasteiger partial charge is 0.301 e. The Bertz CT molecular complexity index is 930. The summed E-state index contributed by atoms with van der Waals surface area (Å²) in [6.07, 6.45) is 2.12. The van der Waals surface area contributed by atoms with E-state index >= 15 is 0 Å². The van der Waals surface area contributed by atoms with Gasteiger partial charge in [-0.05, 0) is 57.3 Å². The molecule has 1 aliphatic heterocycles. The van der Waals surface area contributed by atoms with Crippen LogP contribution in [0.5, 0.6) is 0 Å². The lowest BCUT2D eigenvalue weighted by Crippen LogP contribution is -2.49. The molecule has 4 rings (SSSR count). The first-order chi connectivity index (χ1) is 13.5. The van der Waals surface area contributed by atoms with Crippen molar-refractivity contribution in [1.29, 1.82) is 0 Å². The minimum Gasteiger partial charge on any atom is -0.301 e. The van der Waals surface area contributed by atoms with E-state index in [9.17, 15) is 4.39 Å². The smallest absolute Gasteiger partial charge is 0.123 e. The summed E-state index contributed by atoms with van der Waals surface area (Å²) in [5, 5.41) is 4.87. The zero-order chi connectivity index (χ0) is 19.7. The van der Waals surface area contributed by atoms with Crippen molar-refractivity contribution in [2.45, 2.75) is 26.4 Å². The molecule has 1 saturated heterocycles. The second-order valence-electron chi connectivity index (χ2n) is 7.85. The summed E-state index contributed by atoms with van der Waals surface area (Å²) in [7, 11) is 2.18. The summed E-state index contributed by atoms with van der Waals surface area (Å²) in [4.78, 5) is 4.88. The van der Waals surface area contributed by atoms with Crippen molar-refractivity contribution in [1.82, 2.24) is 19.6 Å². The Kier molecular flexibility index (Phi) is 5.29. The van der Waals surface area contributed by atoms with E-state index in [2.05, 4.69) is 61.2 Å². The van der Waals surface area contributed by atoms with Crippen LogP contribution in [-0.2, 0) is 6.54 Å². The van der Waals surface area contributed by atoms with Crippen LogP contribution in [0.4, 0.5) is 4.39 Å². The molecule has 0 N–H and O–H groups in total. The third-order valence-electron chi connectivity index (χ3n) is 5.64. The summed E-state index contributed by atoms with van der Waals surface area (Å²) in [6, 6.07) is 15.5. The van der Waals surface area contributed by atoms with Gasteiger partial charge in [0, 0.05) is 49.5 Å². The zero-order valence-corrected chi connectivity index (χ0v) is 16.8. The predicted molar refractivity (Wildman–Crippen MR) is 111 cm³/mol. The van der Waals surface area contributed by atoms with Crippen LogP contribution in [0.15, 0.2) is 54.7 Å². The molecular weight excluding hydrogens is 351 g/mol. The Labute approximate surface area is 166 Å². The lowest BCUT2D eigenvalue weighted by molar-refractivity contribution is 0.100. The average Bonchev–Trinajstić information content (AvgIpc) is 3.09. The monoisotopic (exact) mass is 378 g/mol. The molecule has 0 unspecified atom stereocenters. The molecule has 0 aliphatic carbocycles. The molecule has 3 aromatic rings. The number of benzene rings is 2. The van der Waals surface area contributed by atoms with Crippen LogP contribution >= 0.6 is 0 Å². The molecule has 1 aliphatic rings. The fourth-order valence-electron chi connectivity index (χ4n) is 3.71. The fourth-order valence-corrected chi connectivity index (χ4v) is 3.71. The van der Waals surface area contributed by atoms with Gasteiger partial charge in [-0.2, -0.15) is 5.10 Å². The highest BCUT2D eigenvalue weighted by molar-refractivity contribution is 5.63. The number of halogens is 1. The van der Waals surface area contributed by atoms with E-state index in [0.717, 1.165) is 43.1 Å². The van der Waals surface area contributed by atoms with Gasteiger partial charge >= 0.3 is 0 Å². The molecular formula is C23H27FN4. The Balaban J connectivity index is 1.68. The van der Waals surface area contributed by atoms with Crippen molar-refractivity contribution in [3.63, 3.8) is 0 Å². The Morgan fingerprint density at radius 1 is 1.04 bits per heavy atom. The summed E-state index contributed by atoms with van der Waals surface area (Å²) in [5.74, 6) is -0.226. The molecule has 0 amide bonds. The lowest BCUT2D eigenvalue weighted by Gasteiger charge is -2.37. The molecule has 1 atom stereocenters. The van der Waals surface area contributed by atoms with Crippen LogP contribution in [0, 0.1) is 12.7 Å². The van der Waals surface area contributed by atoms with Crippen molar-refractivity contribution < 1.29 is 4.39 Å². The number of aromatic nitrogens is 2. The maximum absolute atomic E-state index is 13.4. The first kappa shape index (κ1) is 18.8. The van der Waals surface area contributed by atoms with Gasteiger partial charge in [0.25, 0.3) is 0 Å². The van der Waals surface area contributed by atoms with Crippen LogP contribution in [0.3, 0.4) is 0 Å². The number of nitrogens with zero attached hydrogens (tertiary/aromatic N) is 4. The summed E-state index contributed by atoms with van der Waals surface area (Å²) >= 11 is 0.